The summed E-state index contributed by atoms with van der Waals surface area (Å²) in [6, 6.07) is 0. The number of fused-ring (bicyclic) bond motifs is 1. The average molecular weight is 450 g/mol. The molecule has 0 aromatic carbocycles. The van der Waals surface area contributed by atoms with E-state index in [4.69, 9.17) is 4.52 Å². The molecule has 3 rings (SSSR count). The Balaban J connectivity index is 0.00000138. The molecule has 0 saturated carbocycles. The van der Waals surface area contributed by atoms with Crippen LogP contribution in [-0.2, 0) is 6.42 Å². The average Bonchev–Trinajstić information content (AvgIpc) is 3.48. The van der Waals surface area contributed by atoms with Crippen molar-refractivity contribution in [1.29, 1.82) is 0 Å². The van der Waals surface area contributed by atoms with E-state index in [9.17, 15) is 4.79 Å². The number of hydrogen-bond acceptors (Lipinski definition) is 7. The molecule has 0 aliphatic heterocycles. The zero-order chi connectivity index (χ0) is 23.8. The normalized spacial score (nSPS) is 9.71. The van der Waals surface area contributed by atoms with Crippen LogP contribution < -0.4 is 0 Å². The van der Waals surface area contributed by atoms with E-state index in [2.05, 4.69) is 32.2 Å². The number of hydrogen-bond donors (Lipinski definition) is 1. The second kappa shape index (κ2) is 16.5. The van der Waals surface area contributed by atoms with Crippen LogP contribution in [0.3, 0.4) is 0 Å². The second-order valence-corrected chi connectivity index (χ2v) is 6.60. The Bertz CT molecular complexity index is 889. The molecule has 3 aromatic rings. The summed E-state index contributed by atoms with van der Waals surface area (Å²) in [6.07, 6.45) is 7.57. The summed E-state index contributed by atoms with van der Waals surface area (Å²) in [7, 11) is 0. The lowest BCUT2D eigenvalue weighted by molar-refractivity contribution is 0.0944. The van der Waals surface area contributed by atoms with Crippen LogP contribution in [0.2, 0.25) is 0 Å². The summed E-state index contributed by atoms with van der Waals surface area (Å²) in [6.45, 7) is 16.1. The van der Waals surface area contributed by atoms with Gasteiger partial charge in [-0.25, -0.2) is 9.97 Å². The van der Waals surface area contributed by atoms with E-state index in [1.165, 1.54) is 11.8 Å². The van der Waals surface area contributed by atoms with Crippen molar-refractivity contribution in [2.75, 3.05) is 6.26 Å². The van der Waals surface area contributed by atoms with Crippen molar-refractivity contribution >= 4 is 28.6 Å². The lowest BCUT2D eigenvalue weighted by Crippen LogP contribution is -2.02. The highest BCUT2D eigenvalue weighted by Crippen LogP contribution is 2.30. The molecule has 3 aromatic heterocycles. The van der Waals surface area contributed by atoms with E-state index < -0.39 is 0 Å². The fourth-order valence-corrected chi connectivity index (χ4v) is 3.25. The van der Waals surface area contributed by atoms with Crippen molar-refractivity contribution in [3.8, 4) is 11.5 Å². The number of aromatic nitrogens is 5. The first-order chi connectivity index (χ1) is 15.2. The van der Waals surface area contributed by atoms with Gasteiger partial charge in [0, 0.05) is 12.0 Å². The summed E-state index contributed by atoms with van der Waals surface area (Å²) in [4.78, 5) is 21.5. The van der Waals surface area contributed by atoms with Gasteiger partial charge in [0.15, 0.2) is 17.2 Å². The Kier molecular flexibility index (Phi) is 15.3. The third-order valence-corrected chi connectivity index (χ3v) is 4.68. The maximum atomic E-state index is 12.4. The number of thioether (sulfide) groups is 1. The van der Waals surface area contributed by atoms with Gasteiger partial charge in [-0.15, -0.1) is 11.8 Å². The smallest absolute Gasteiger partial charge is 0.206 e. The van der Waals surface area contributed by atoms with E-state index in [-0.39, 0.29) is 5.78 Å². The zero-order valence-electron chi connectivity index (χ0n) is 20.6. The highest BCUT2D eigenvalue weighted by Gasteiger charge is 2.24. The number of carbonyl (C=O) groups excluding carboxylic acids is 1. The van der Waals surface area contributed by atoms with Gasteiger partial charge in [0.1, 0.15) is 5.03 Å². The van der Waals surface area contributed by atoms with E-state index in [0.29, 0.717) is 29.3 Å². The van der Waals surface area contributed by atoms with Crippen molar-refractivity contribution < 1.29 is 9.32 Å². The predicted octanol–water partition coefficient (Wildman–Crippen LogP) is 7.13. The van der Waals surface area contributed by atoms with Crippen LogP contribution in [0.15, 0.2) is 15.7 Å². The molecule has 0 atom stereocenters. The molecule has 174 valence electrons. The highest BCUT2D eigenvalue weighted by molar-refractivity contribution is 7.98. The molecule has 0 saturated heterocycles. The van der Waals surface area contributed by atoms with Crippen LogP contribution in [0.1, 0.15) is 97.2 Å². The van der Waals surface area contributed by atoms with E-state index >= 15 is 0 Å². The van der Waals surface area contributed by atoms with Gasteiger partial charge < -0.3 is 4.52 Å². The van der Waals surface area contributed by atoms with Gasteiger partial charge in [-0.05, 0) is 25.5 Å². The van der Waals surface area contributed by atoms with Crippen LogP contribution >= 0.6 is 11.8 Å². The monoisotopic (exact) mass is 449 g/mol. The molecule has 0 radical (unpaired) electrons. The second-order valence-electron chi connectivity index (χ2n) is 5.80. The largest absolute Gasteiger partial charge is 0.352 e. The molecule has 1 N–H and O–H groups in total. The standard InChI is InChI=1S/C17H21N5O2S.3C2H6/c1-4-6-8-10-13(22-24-14(10)12(23)7-5-2)16-19-15-11(9-18-21-15)17(20-16)25-3;3*1-2/h9H,4-8H2,1-3H3,(H,18,19,20,21);3*1-2H3. The Morgan fingerprint density at radius 1 is 1.06 bits per heavy atom. The van der Waals surface area contributed by atoms with Gasteiger partial charge >= 0.3 is 0 Å². The summed E-state index contributed by atoms with van der Waals surface area (Å²) < 4.78 is 5.42. The van der Waals surface area contributed by atoms with Crippen LogP contribution in [0.5, 0.6) is 0 Å². The summed E-state index contributed by atoms with van der Waals surface area (Å²) in [5, 5.41) is 12.7. The maximum absolute atomic E-state index is 12.4. The molecule has 0 fully saturated rings. The number of H-pyrrole nitrogens is 1. The van der Waals surface area contributed by atoms with Crippen LogP contribution in [-0.4, -0.2) is 37.4 Å². The van der Waals surface area contributed by atoms with Crippen LogP contribution in [0, 0.1) is 0 Å². The molecule has 0 aliphatic rings. The van der Waals surface area contributed by atoms with Crippen LogP contribution in [0.4, 0.5) is 0 Å². The first kappa shape index (κ1) is 28.8. The Hall–Kier alpha value is -2.22. The maximum Gasteiger partial charge on any atom is 0.206 e. The minimum Gasteiger partial charge on any atom is -0.352 e. The number of Topliss-reactive ketones (excluding diaryl/α,β-unsaturated/α-hetero) is 1. The van der Waals surface area contributed by atoms with Crippen molar-refractivity contribution in [3.63, 3.8) is 0 Å². The van der Waals surface area contributed by atoms with Gasteiger partial charge in [0.05, 0.1) is 11.6 Å². The van der Waals surface area contributed by atoms with Gasteiger partial charge in [-0.3, -0.25) is 9.89 Å². The number of carbonyl (C=O) groups is 1. The van der Waals surface area contributed by atoms with Gasteiger partial charge in [-0.1, -0.05) is 67.0 Å². The molecule has 0 spiro atoms. The topological polar surface area (TPSA) is 97.6 Å². The lowest BCUT2D eigenvalue weighted by Gasteiger charge is -2.04. The Morgan fingerprint density at radius 3 is 2.32 bits per heavy atom. The molecule has 31 heavy (non-hydrogen) atoms. The third-order valence-electron chi connectivity index (χ3n) is 3.98. The molecule has 0 unspecified atom stereocenters. The zero-order valence-corrected chi connectivity index (χ0v) is 21.4. The molecule has 3 heterocycles. The predicted molar refractivity (Wildman–Crippen MR) is 131 cm³/mol. The van der Waals surface area contributed by atoms with Crippen molar-refractivity contribution in [3.05, 3.63) is 17.5 Å². The highest BCUT2D eigenvalue weighted by atomic mass is 32.2. The first-order valence-corrected chi connectivity index (χ1v) is 12.7. The van der Waals surface area contributed by atoms with Crippen molar-refractivity contribution in [2.24, 2.45) is 0 Å². The van der Waals surface area contributed by atoms with Gasteiger partial charge in [-0.2, -0.15) is 5.10 Å². The summed E-state index contributed by atoms with van der Waals surface area (Å²) in [5.74, 6) is 0.802. The van der Waals surface area contributed by atoms with Crippen LogP contribution in [0.25, 0.3) is 22.6 Å². The number of rotatable bonds is 8. The molecule has 0 bridgehead atoms. The number of nitrogens with one attached hydrogen (secondary N) is 1. The molecule has 0 aliphatic carbocycles. The quantitative estimate of drug-likeness (QED) is 0.222. The summed E-state index contributed by atoms with van der Waals surface area (Å²) >= 11 is 1.52. The summed E-state index contributed by atoms with van der Waals surface area (Å²) in [5.41, 5.74) is 2.02. The number of unbranched alkanes of at least 4 members (excludes halogenated alkanes) is 1. The molecule has 0 amide bonds. The molecule has 7 nitrogen and oxygen atoms in total. The SMILES string of the molecule is CC.CC.CC.CCCCc1c(-c2nc(SC)c3cn[nH]c3n2)noc1C(=O)CCC. The van der Waals surface area contributed by atoms with E-state index in [0.717, 1.165) is 41.7 Å². The number of ketones is 1. The van der Waals surface area contributed by atoms with E-state index in [1.54, 1.807) is 6.20 Å². The number of nitrogens with zero attached hydrogens (tertiary/aromatic N) is 4. The Labute approximate surface area is 191 Å². The Morgan fingerprint density at radius 2 is 1.74 bits per heavy atom. The number of aromatic amines is 1. The van der Waals surface area contributed by atoms with Crippen molar-refractivity contribution in [2.45, 2.75) is 92.5 Å². The fourth-order valence-electron chi connectivity index (χ4n) is 2.70. The fraction of sp³-hybridized carbons (Fsp3) is 0.609. The van der Waals surface area contributed by atoms with Gasteiger partial charge in [0.25, 0.3) is 0 Å². The first-order valence-electron chi connectivity index (χ1n) is 11.5. The van der Waals surface area contributed by atoms with E-state index in [1.807, 2.05) is 54.7 Å². The minimum absolute atomic E-state index is 0.0138. The minimum atomic E-state index is -0.0138. The third kappa shape index (κ3) is 7.45. The molecule has 8 heteroatoms. The molecular formula is C23H39N5O2S. The molecular weight excluding hydrogens is 410 g/mol. The lowest BCUT2D eigenvalue weighted by atomic mass is 10.0. The van der Waals surface area contributed by atoms with Crippen molar-refractivity contribution in [1.82, 2.24) is 25.3 Å². The van der Waals surface area contributed by atoms with Gasteiger partial charge in [0.2, 0.25) is 11.5 Å².